The van der Waals surface area contributed by atoms with Crippen LogP contribution in [-0.4, -0.2) is 16.4 Å². The van der Waals surface area contributed by atoms with Gasteiger partial charge >= 0.3 is 0 Å². The van der Waals surface area contributed by atoms with Gasteiger partial charge in [0.1, 0.15) is 6.61 Å². The number of nitrogens with zero attached hydrogens (tertiary/aromatic N) is 2. The molecule has 0 aromatic carbocycles. The van der Waals surface area contributed by atoms with Crippen molar-refractivity contribution in [1.29, 1.82) is 0 Å². The minimum Gasteiger partial charge on any atom is -0.486 e. The van der Waals surface area contributed by atoms with Gasteiger partial charge < -0.3 is 4.74 Å². The quantitative estimate of drug-likeness (QED) is 0.650. The van der Waals surface area contributed by atoms with Crippen LogP contribution in [0.1, 0.15) is 20.3 Å². The molecule has 1 aromatic heterocycles. The molecule has 0 radical (unpaired) electrons. The van der Waals surface area contributed by atoms with Gasteiger partial charge in [0.2, 0.25) is 0 Å². The highest BCUT2D eigenvalue weighted by Crippen LogP contribution is 2.09. The maximum atomic E-state index is 5.41. The van der Waals surface area contributed by atoms with E-state index in [1.54, 1.807) is 6.20 Å². The Morgan fingerprint density at radius 1 is 1.69 bits per heavy atom. The molecule has 72 valence electrons. The van der Waals surface area contributed by atoms with Crippen LogP contribution < -0.4 is 4.74 Å². The summed E-state index contributed by atoms with van der Waals surface area (Å²) in [5, 5.41) is 4.15. The third kappa shape index (κ3) is 3.32. The van der Waals surface area contributed by atoms with Gasteiger partial charge in [0.05, 0.1) is 12.4 Å². The Morgan fingerprint density at radius 2 is 2.46 bits per heavy atom. The maximum absolute atomic E-state index is 5.41. The zero-order valence-corrected chi connectivity index (χ0v) is 8.29. The summed E-state index contributed by atoms with van der Waals surface area (Å²) >= 11 is 0. The molecule has 0 N–H and O–H groups in total. The molecule has 0 amide bonds. The number of aryl methyl sites for hydroxylation is 1. The van der Waals surface area contributed by atoms with Crippen molar-refractivity contribution in [2.75, 3.05) is 6.61 Å². The lowest BCUT2D eigenvalue weighted by atomic mass is 10.4. The van der Waals surface area contributed by atoms with Crippen molar-refractivity contribution >= 4 is 0 Å². The molecule has 0 fully saturated rings. The summed E-state index contributed by atoms with van der Waals surface area (Å²) in [7, 11) is 0. The molecule has 0 bridgehead atoms. The van der Waals surface area contributed by atoms with Crippen molar-refractivity contribution in [1.82, 2.24) is 9.78 Å². The molecule has 0 saturated carbocycles. The lowest BCUT2D eigenvalue weighted by Gasteiger charge is -2.00. The molecule has 1 aromatic rings. The Labute approximate surface area is 79.0 Å². The van der Waals surface area contributed by atoms with Gasteiger partial charge in [0.15, 0.2) is 5.75 Å². The Hall–Kier alpha value is -1.25. The second-order valence-corrected chi connectivity index (χ2v) is 3.18. The minimum absolute atomic E-state index is 0.567. The van der Waals surface area contributed by atoms with E-state index in [2.05, 4.69) is 18.6 Å². The van der Waals surface area contributed by atoms with Crippen molar-refractivity contribution in [3.63, 3.8) is 0 Å². The van der Waals surface area contributed by atoms with Gasteiger partial charge in [0, 0.05) is 6.54 Å². The summed E-state index contributed by atoms with van der Waals surface area (Å²) in [5.41, 5.74) is 1.02. The number of ether oxygens (including phenoxy) is 1. The van der Waals surface area contributed by atoms with Crippen LogP contribution in [0.3, 0.4) is 0 Å². The summed E-state index contributed by atoms with van der Waals surface area (Å²) in [4.78, 5) is 0. The molecule has 0 atom stereocenters. The molecule has 0 spiro atoms. The Morgan fingerprint density at radius 3 is 3.08 bits per heavy atom. The summed E-state index contributed by atoms with van der Waals surface area (Å²) in [6, 6.07) is 0. The van der Waals surface area contributed by atoms with Gasteiger partial charge in [-0.2, -0.15) is 5.10 Å². The smallest absolute Gasteiger partial charge is 0.157 e. The molecule has 0 saturated heterocycles. The molecule has 0 unspecified atom stereocenters. The lowest BCUT2D eigenvalue weighted by molar-refractivity contribution is 0.352. The largest absolute Gasteiger partial charge is 0.486 e. The topological polar surface area (TPSA) is 27.1 Å². The van der Waals surface area contributed by atoms with Crippen LogP contribution in [0, 0.1) is 0 Å². The van der Waals surface area contributed by atoms with Gasteiger partial charge in [-0.3, -0.25) is 4.68 Å². The molecular weight excluding hydrogens is 164 g/mol. The number of hydrogen-bond donors (Lipinski definition) is 0. The zero-order valence-electron chi connectivity index (χ0n) is 8.29. The number of hydrogen-bond acceptors (Lipinski definition) is 2. The van der Waals surface area contributed by atoms with Crippen LogP contribution in [0.15, 0.2) is 24.5 Å². The Bertz CT molecular complexity index is 278. The van der Waals surface area contributed by atoms with Gasteiger partial charge in [0.25, 0.3) is 0 Å². The first-order valence-electron chi connectivity index (χ1n) is 4.52. The predicted molar refractivity (Wildman–Crippen MR) is 52.8 cm³/mol. The fourth-order valence-electron chi connectivity index (χ4n) is 0.977. The average Bonchev–Trinajstić information content (AvgIpc) is 2.50. The fourth-order valence-corrected chi connectivity index (χ4v) is 0.977. The van der Waals surface area contributed by atoms with Gasteiger partial charge in [-0.25, -0.2) is 0 Å². The van der Waals surface area contributed by atoms with Crippen molar-refractivity contribution in [2.45, 2.75) is 26.8 Å². The molecule has 3 heteroatoms. The lowest BCUT2D eigenvalue weighted by Crippen LogP contribution is -1.97. The van der Waals surface area contributed by atoms with Crippen molar-refractivity contribution in [3.05, 3.63) is 24.5 Å². The zero-order chi connectivity index (χ0) is 9.68. The standard InChI is InChI=1S/C10H16N2O/c1-4-5-12-7-10(6-11-12)13-8-9(2)3/h6-7H,2,4-5,8H2,1,3H3. The molecule has 0 aliphatic heterocycles. The highest BCUT2D eigenvalue weighted by molar-refractivity contribution is 5.12. The number of rotatable bonds is 5. The first-order valence-corrected chi connectivity index (χ1v) is 4.52. The second-order valence-electron chi connectivity index (χ2n) is 3.18. The summed E-state index contributed by atoms with van der Waals surface area (Å²) < 4.78 is 7.29. The van der Waals surface area contributed by atoms with E-state index in [0.29, 0.717) is 6.61 Å². The van der Waals surface area contributed by atoms with E-state index in [1.807, 2.05) is 17.8 Å². The van der Waals surface area contributed by atoms with Crippen molar-refractivity contribution in [2.24, 2.45) is 0 Å². The molecular formula is C10H16N2O. The second kappa shape index (κ2) is 4.70. The van der Waals surface area contributed by atoms with E-state index in [4.69, 9.17) is 4.74 Å². The molecule has 1 heterocycles. The average molecular weight is 180 g/mol. The minimum atomic E-state index is 0.567. The summed E-state index contributed by atoms with van der Waals surface area (Å²) in [5.74, 6) is 0.816. The third-order valence-corrected chi connectivity index (χ3v) is 1.55. The predicted octanol–water partition coefficient (Wildman–Crippen LogP) is 2.25. The number of aromatic nitrogens is 2. The van der Waals surface area contributed by atoms with E-state index < -0.39 is 0 Å². The molecule has 0 aliphatic carbocycles. The van der Waals surface area contributed by atoms with Gasteiger partial charge in [-0.15, -0.1) is 0 Å². The van der Waals surface area contributed by atoms with E-state index in [0.717, 1.165) is 24.3 Å². The molecule has 0 aliphatic rings. The van der Waals surface area contributed by atoms with Crippen LogP contribution in [-0.2, 0) is 6.54 Å². The third-order valence-electron chi connectivity index (χ3n) is 1.55. The first kappa shape index (κ1) is 9.84. The molecule has 1 rings (SSSR count). The molecule has 13 heavy (non-hydrogen) atoms. The Balaban J connectivity index is 2.44. The van der Waals surface area contributed by atoms with Gasteiger partial charge in [-0.1, -0.05) is 13.5 Å². The van der Waals surface area contributed by atoms with E-state index in [-0.39, 0.29) is 0 Å². The van der Waals surface area contributed by atoms with Crippen LogP contribution in [0.5, 0.6) is 5.75 Å². The maximum Gasteiger partial charge on any atom is 0.157 e. The normalized spacial score (nSPS) is 10.0. The van der Waals surface area contributed by atoms with Crippen molar-refractivity contribution < 1.29 is 4.74 Å². The van der Waals surface area contributed by atoms with Crippen LogP contribution in [0.25, 0.3) is 0 Å². The first-order chi connectivity index (χ1) is 6.22. The van der Waals surface area contributed by atoms with E-state index in [9.17, 15) is 0 Å². The monoisotopic (exact) mass is 180 g/mol. The molecule has 3 nitrogen and oxygen atoms in total. The fraction of sp³-hybridized carbons (Fsp3) is 0.500. The summed E-state index contributed by atoms with van der Waals surface area (Å²) in [6.45, 7) is 9.33. The van der Waals surface area contributed by atoms with Crippen LogP contribution in [0.4, 0.5) is 0 Å². The van der Waals surface area contributed by atoms with Crippen LogP contribution in [0.2, 0.25) is 0 Å². The van der Waals surface area contributed by atoms with Crippen LogP contribution >= 0.6 is 0 Å². The van der Waals surface area contributed by atoms with Crippen molar-refractivity contribution in [3.8, 4) is 5.75 Å². The SMILES string of the molecule is C=C(C)COc1cnn(CCC)c1. The van der Waals surface area contributed by atoms with Gasteiger partial charge in [-0.05, 0) is 18.9 Å². The Kier molecular flexibility index (Phi) is 3.55. The highest BCUT2D eigenvalue weighted by atomic mass is 16.5. The van der Waals surface area contributed by atoms with E-state index >= 15 is 0 Å². The van der Waals surface area contributed by atoms with E-state index in [1.165, 1.54) is 0 Å². The highest BCUT2D eigenvalue weighted by Gasteiger charge is 1.97. The summed E-state index contributed by atoms with van der Waals surface area (Å²) in [6.07, 6.45) is 4.73.